The van der Waals surface area contributed by atoms with Crippen LogP contribution in [0.25, 0.3) is 10.9 Å². The lowest BCUT2D eigenvalue weighted by Gasteiger charge is -2.10. The molecule has 0 spiro atoms. The fourth-order valence-corrected chi connectivity index (χ4v) is 1.89. The predicted octanol–water partition coefficient (Wildman–Crippen LogP) is 1.80. The van der Waals surface area contributed by atoms with E-state index in [-0.39, 0.29) is 5.91 Å². The lowest BCUT2D eigenvalue weighted by Crippen LogP contribution is -2.26. The van der Waals surface area contributed by atoms with Crippen molar-refractivity contribution in [2.24, 2.45) is 0 Å². The molecule has 0 saturated carbocycles. The van der Waals surface area contributed by atoms with Crippen molar-refractivity contribution in [3.63, 3.8) is 0 Å². The average molecular weight is 257 g/mol. The molecule has 4 nitrogen and oxygen atoms in total. The van der Waals surface area contributed by atoms with Gasteiger partial charge in [-0.05, 0) is 23.8 Å². The van der Waals surface area contributed by atoms with Gasteiger partial charge in [0.1, 0.15) is 0 Å². The molecule has 0 atom stereocenters. The Bertz CT molecular complexity index is 566. The molecule has 0 bridgehead atoms. The standard InChI is InChI=1S/C15H19N3O/c1-18(2)15(19)7-9-16-11-12-5-6-14-13(10-12)4-3-8-17-14/h3-6,8,10,16H,7,9,11H2,1-2H3. The van der Waals surface area contributed by atoms with Crippen molar-refractivity contribution in [2.75, 3.05) is 20.6 Å². The second-order valence-electron chi connectivity index (χ2n) is 4.75. The Morgan fingerprint density at radius 2 is 2.16 bits per heavy atom. The molecule has 1 heterocycles. The fourth-order valence-electron chi connectivity index (χ4n) is 1.89. The molecule has 0 aliphatic heterocycles. The van der Waals surface area contributed by atoms with Crippen LogP contribution in [-0.4, -0.2) is 36.4 Å². The highest BCUT2D eigenvalue weighted by Gasteiger charge is 2.02. The normalized spacial score (nSPS) is 10.6. The quantitative estimate of drug-likeness (QED) is 0.831. The molecule has 0 aliphatic carbocycles. The fraction of sp³-hybridized carbons (Fsp3) is 0.333. The lowest BCUT2D eigenvalue weighted by atomic mass is 10.1. The summed E-state index contributed by atoms with van der Waals surface area (Å²) in [6.45, 7) is 1.47. The minimum Gasteiger partial charge on any atom is -0.349 e. The topological polar surface area (TPSA) is 45.2 Å². The van der Waals surface area contributed by atoms with Gasteiger partial charge in [0, 0.05) is 45.2 Å². The second kappa shape index (κ2) is 6.29. The van der Waals surface area contributed by atoms with Gasteiger partial charge in [-0.1, -0.05) is 12.1 Å². The van der Waals surface area contributed by atoms with Crippen LogP contribution >= 0.6 is 0 Å². The number of nitrogens with one attached hydrogen (secondary N) is 1. The van der Waals surface area contributed by atoms with Gasteiger partial charge >= 0.3 is 0 Å². The summed E-state index contributed by atoms with van der Waals surface area (Å²) in [5.74, 6) is 0.148. The van der Waals surface area contributed by atoms with Gasteiger partial charge in [-0.2, -0.15) is 0 Å². The zero-order chi connectivity index (χ0) is 13.7. The number of hydrogen-bond acceptors (Lipinski definition) is 3. The maximum Gasteiger partial charge on any atom is 0.223 e. The third kappa shape index (κ3) is 3.76. The van der Waals surface area contributed by atoms with E-state index >= 15 is 0 Å². The first kappa shape index (κ1) is 13.5. The number of carbonyl (C=O) groups is 1. The van der Waals surface area contributed by atoms with Crippen LogP contribution in [-0.2, 0) is 11.3 Å². The Balaban J connectivity index is 1.86. The van der Waals surface area contributed by atoms with E-state index in [1.54, 1.807) is 25.2 Å². The largest absolute Gasteiger partial charge is 0.349 e. The van der Waals surface area contributed by atoms with Crippen LogP contribution in [0.4, 0.5) is 0 Å². The van der Waals surface area contributed by atoms with Crippen molar-refractivity contribution in [3.8, 4) is 0 Å². The average Bonchev–Trinajstić information content (AvgIpc) is 2.43. The molecule has 19 heavy (non-hydrogen) atoms. The van der Waals surface area contributed by atoms with Gasteiger partial charge in [0.25, 0.3) is 0 Å². The van der Waals surface area contributed by atoms with E-state index in [0.29, 0.717) is 13.0 Å². The predicted molar refractivity (Wildman–Crippen MR) is 76.8 cm³/mol. The number of amides is 1. The van der Waals surface area contributed by atoms with Crippen LogP contribution in [0.1, 0.15) is 12.0 Å². The third-order valence-electron chi connectivity index (χ3n) is 3.01. The molecule has 1 N–H and O–H groups in total. The highest BCUT2D eigenvalue weighted by Crippen LogP contribution is 2.12. The van der Waals surface area contributed by atoms with Gasteiger partial charge < -0.3 is 10.2 Å². The van der Waals surface area contributed by atoms with Crippen LogP contribution in [0.2, 0.25) is 0 Å². The monoisotopic (exact) mass is 257 g/mol. The van der Waals surface area contributed by atoms with Crippen molar-refractivity contribution in [1.29, 1.82) is 0 Å². The third-order valence-corrected chi connectivity index (χ3v) is 3.01. The number of pyridine rings is 1. The van der Waals surface area contributed by atoms with Gasteiger partial charge in [0.15, 0.2) is 0 Å². The molecule has 0 saturated heterocycles. The number of nitrogens with zero attached hydrogens (tertiary/aromatic N) is 2. The van der Waals surface area contributed by atoms with Crippen LogP contribution in [0.3, 0.4) is 0 Å². The first-order valence-corrected chi connectivity index (χ1v) is 6.41. The van der Waals surface area contributed by atoms with Crippen molar-refractivity contribution >= 4 is 16.8 Å². The summed E-state index contributed by atoms with van der Waals surface area (Å²) >= 11 is 0. The summed E-state index contributed by atoms with van der Waals surface area (Å²) in [7, 11) is 3.55. The molecule has 1 amide bonds. The van der Waals surface area contributed by atoms with E-state index in [1.165, 1.54) is 5.56 Å². The maximum atomic E-state index is 11.4. The molecule has 0 aliphatic rings. The zero-order valence-electron chi connectivity index (χ0n) is 11.4. The molecule has 100 valence electrons. The molecule has 1 aromatic heterocycles. The van der Waals surface area contributed by atoms with Crippen molar-refractivity contribution in [3.05, 3.63) is 42.1 Å². The lowest BCUT2D eigenvalue weighted by molar-refractivity contribution is -0.128. The van der Waals surface area contributed by atoms with E-state index in [1.807, 2.05) is 12.1 Å². The number of carbonyl (C=O) groups excluding carboxylic acids is 1. The zero-order valence-corrected chi connectivity index (χ0v) is 11.4. The molecule has 2 rings (SSSR count). The van der Waals surface area contributed by atoms with Gasteiger partial charge in [-0.3, -0.25) is 9.78 Å². The Morgan fingerprint density at radius 3 is 2.95 bits per heavy atom. The van der Waals surface area contributed by atoms with Crippen LogP contribution < -0.4 is 5.32 Å². The van der Waals surface area contributed by atoms with Crippen molar-refractivity contribution in [1.82, 2.24) is 15.2 Å². The summed E-state index contributed by atoms with van der Waals surface area (Å²) in [5.41, 5.74) is 2.21. The van der Waals surface area contributed by atoms with Crippen molar-refractivity contribution in [2.45, 2.75) is 13.0 Å². The van der Waals surface area contributed by atoms with E-state index in [0.717, 1.165) is 17.4 Å². The molecule has 2 aromatic rings. The van der Waals surface area contributed by atoms with E-state index in [9.17, 15) is 4.79 Å². The molecule has 1 aromatic carbocycles. The smallest absolute Gasteiger partial charge is 0.223 e. The highest BCUT2D eigenvalue weighted by molar-refractivity contribution is 5.78. The first-order valence-electron chi connectivity index (χ1n) is 6.41. The summed E-state index contributed by atoms with van der Waals surface area (Å²) in [6.07, 6.45) is 2.33. The molecular formula is C15H19N3O. The van der Waals surface area contributed by atoms with E-state index in [4.69, 9.17) is 0 Å². The van der Waals surface area contributed by atoms with Gasteiger partial charge in [-0.25, -0.2) is 0 Å². The summed E-state index contributed by atoms with van der Waals surface area (Å²) in [5, 5.41) is 4.43. The molecular weight excluding hydrogens is 238 g/mol. The van der Waals surface area contributed by atoms with Crippen molar-refractivity contribution < 1.29 is 4.79 Å². The maximum absolute atomic E-state index is 11.4. The minimum absolute atomic E-state index is 0.148. The van der Waals surface area contributed by atoms with E-state index in [2.05, 4.69) is 28.5 Å². The number of benzene rings is 1. The Morgan fingerprint density at radius 1 is 1.32 bits per heavy atom. The van der Waals surface area contributed by atoms with Crippen LogP contribution in [0.15, 0.2) is 36.5 Å². The summed E-state index contributed by atoms with van der Waals surface area (Å²) < 4.78 is 0. The van der Waals surface area contributed by atoms with Crippen LogP contribution in [0.5, 0.6) is 0 Å². The van der Waals surface area contributed by atoms with Gasteiger partial charge in [-0.15, -0.1) is 0 Å². The number of hydrogen-bond donors (Lipinski definition) is 1. The van der Waals surface area contributed by atoms with E-state index < -0.39 is 0 Å². The van der Waals surface area contributed by atoms with Crippen LogP contribution in [0, 0.1) is 0 Å². The molecule has 4 heteroatoms. The SMILES string of the molecule is CN(C)C(=O)CCNCc1ccc2ncccc2c1. The molecule has 0 fully saturated rings. The Hall–Kier alpha value is -1.94. The number of rotatable bonds is 5. The minimum atomic E-state index is 0.148. The number of aromatic nitrogens is 1. The highest BCUT2D eigenvalue weighted by atomic mass is 16.2. The Kier molecular flexibility index (Phi) is 4.47. The summed E-state index contributed by atoms with van der Waals surface area (Å²) in [6, 6.07) is 10.2. The molecule has 0 radical (unpaired) electrons. The molecule has 0 unspecified atom stereocenters. The van der Waals surface area contributed by atoms with Gasteiger partial charge in [0.2, 0.25) is 5.91 Å². The number of fused-ring (bicyclic) bond motifs is 1. The van der Waals surface area contributed by atoms with Gasteiger partial charge in [0.05, 0.1) is 5.52 Å². The first-order chi connectivity index (χ1) is 9.16. The Labute approximate surface area is 113 Å². The second-order valence-corrected chi connectivity index (χ2v) is 4.75. The summed E-state index contributed by atoms with van der Waals surface area (Å²) in [4.78, 5) is 17.3.